The number of hydrogen-bond donors (Lipinski definition) is 1. The number of fused-ring (bicyclic) bond motifs is 1. The summed E-state index contributed by atoms with van der Waals surface area (Å²) < 4.78 is 7.67. The van der Waals surface area contributed by atoms with Crippen LogP contribution in [0.2, 0.25) is 0 Å². The van der Waals surface area contributed by atoms with Gasteiger partial charge in [0.25, 0.3) is 5.91 Å². The second kappa shape index (κ2) is 8.19. The molecule has 4 rings (SSSR count). The molecule has 2 aromatic heterocycles. The molecule has 0 atom stereocenters. The van der Waals surface area contributed by atoms with Crippen molar-refractivity contribution in [2.75, 3.05) is 5.32 Å². The topological polar surface area (TPSA) is 55.6 Å². The summed E-state index contributed by atoms with van der Waals surface area (Å²) in [6, 6.07) is 21.3. The fourth-order valence-corrected chi connectivity index (χ4v) is 3.30. The predicted molar refractivity (Wildman–Crippen MR) is 114 cm³/mol. The quantitative estimate of drug-likeness (QED) is 0.506. The van der Waals surface area contributed by atoms with E-state index in [1.165, 1.54) is 0 Å². The Bertz CT molecular complexity index is 1130. The van der Waals surface area contributed by atoms with Crippen LogP contribution in [-0.4, -0.2) is 15.3 Å². The number of nitrogens with one attached hydrogen (secondary N) is 1. The van der Waals surface area contributed by atoms with Gasteiger partial charge < -0.3 is 10.1 Å². The first kappa shape index (κ1) is 18.7. The molecule has 0 saturated carbocycles. The summed E-state index contributed by atoms with van der Waals surface area (Å²) in [5.41, 5.74) is 5.06. The molecule has 0 spiro atoms. The maximum absolute atomic E-state index is 13.0. The highest BCUT2D eigenvalue weighted by molar-refractivity contribution is 6.04. The van der Waals surface area contributed by atoms with Crippen LogP contribution in [0.5, 0.6) is 5.75 Å². The highest BCUT2D eigenvalue weighted by atomic mass is 16.5. The van der Waals surface area contributed by atoms with Crippen LogP contribution in [-0.2, 0) is 13.0 Å². The van der Waals surface area contributed by atoms with Gasteiger partial charge in [0.05, 0.1) is 5.69 Å². The summed E-state index contributed by atoms with van der Waals surface area (Å²) in [5.74, 6) is 0.587. The molecule has 146 valence electrons. The van der Waals surface area contributed by atoms with E-state index < -0.39 is 0 Å². The summed E-state index contributed by atoms with van der Waals surface area (Å²) in [5, 5.41) is 2.98. The molecule has 5 nitrogen and oxygen atoms in total. The zero-order valence-corrected chi connectivity index (χ0v) is 16.6. The summed E-state index contributed by atoms with van der Waals surface area (Å²) in [6.45, 7) is 4.51. The van der Waals surface area contributed by atoms with E-state index in [2.05, 4.69) is 10.3 Å². The van der Waals surface area contributed by atoms with Crippen molar-refractivity contribution in [2.45, 2.75) is 26.9 Å². The van der Waals surface area contributed by atoms with Gasteiger partial charge in [-0.05, 0) is 54.8 Å². The van der Waals surface area contributed by atoms with Gasteiger partial charge in [-0.25, -0.2) is 4.98 Å². The van der Waals surface area contributed by atoms with Gasteiger partial charge in [-0.3, -0.25) is 9.20 Å². The Labute approximate surface area is 170 Å². The third-order valence-electron chi connectivity index (χ3n) is 4.83. The van der Waals surface area contributed by atoms with Crippen LogP contribution in [0.4, 0.5) is 5.69 Å². The first-order chi connectivity index (χ1) is 14.2. The van der Waals surface area contributed by atoms with Gasteiger partial charge in [0.2, 0.25) is 0 Å². The van der Waals surface area contributed by atoms with Crippen molar-refractivity contribution in [1.82, 2.24) is 9.38 Å². The number of imidazole rings is 1. The lowest BCUT2D eigenvalue weighted by Crippen LogP contribution is -2.16. The van der Waals surface area contributed by atoms with Gasteiger partial charge in [-0.1, -0.05) is 43.3 Å². The summed E-state index contributed by atoms with van der Waals surface area (Å²) in [6.07, 6.45) is 2.57. The third-order valence-corrected chi connectivity index (χ3v) is 4.83. The Morgan fingerprint density at radius 3 is 2.52 bits per heavy atom. The Morgan fingerprint density at radius 1 is 1.03 bits per heavy atom. The predicted octanol–water partition coefficient (Wildman–Crippen LogP) is 5.04. The molecule has 29 heavy (non-hydrogen) atoms. The minimum Gasteiger partial charge on any atom is -0.489 e. The number of carbonyl (C=O) groups is 1. The van der Waals surface area contributed by atoms with Crippen molar-refractivity contribution >= 4 is 17.2 Å². The van der Waals surface area contributed by atoms with Gasteiger partial charge in [0.1, 0.15) is 23.7 Å². The highest BCUT2D eigenvalue weighted by Gasteiger charge is 2.19. The lowest BCUT2D eigenvalue weighted by atomic mass is 10.2. The van der Waals surface area contributed by atoms with Gasteiger partial charge in [0.15, 0.2) is 0 Å². The van der Waals surface area contributed by atoms with E-state index in [1.807, 2.05) is 91.2 Å². The Hall–Kier alpha value is -3.60. The first-order valence-electron chi connectivity index (χ1n) is 9.70. The molecule has 0 aliphatic heterocycles. The molecule has 0 radical (unpaired) electrons. The molecule has 0 aliphatic rings. The van der Waals surface area contributed by atoms with E-state index in [9.17, 15) is 4.79 Å². The molecule has 0 unspecified atom stereocenters. The average molecular weight is 385 g/mol. The number of aryl methyl sites for hydroxylation is 2. The van der Waals surface area contributed by atoms with E-state index >= 15 is 0 Å². The second-order valence-corrected chi connectivity index (χ2v) is 6.90. The summed E-state index contributed by atoms with van der Waals surface area (Å²) in [4.78, 5) is 17.6. The van der Waals surface area contributed by atoms with E-state index in [1.54, 1.807) is 0 Å². The second-order valence-electron chi connectivity index (χ2n) is 6.90. The van der Waals surface area contributed by atoms with Crippen LogP contribution in [0.15, 0.2) is 72.9 Å². The van der Waals surface area contributed by atoms with Crippen molar-refractivity contribution in [3.63, 3.8) is 0 Å². The van der Waals surface area contributed by atoms with Crippen LogP contribution in [0.25, 0.3) is 5.65 Å². The molecular weight excluding hydrogens is 362 g/mol. The van der Waals surface area contributed by atoms with Crippen molar-refractivity contribution in [1.29, 1.82) is 0 Å². The molecule has 5 heteroatoms. The van der Waals surface area contributed by atoms with Gasteiger partial charge in [-0.15, -0.1) is 0 Å². The van der Waals surface area contributed by atoms with E-state index in [0.29, 0.717) is 24.4 Å². The van der Waals surface area contributed by atoms with Crippen molar-refractivity contribution in [2.24, 2.45) is 0 Å². The number of benzene rings is 2. The molecule has 1 amide bonds. The molecule has 0 aliphatic carbocycles. The third kappa shape index (κ3) is 3.99. The number of nitrogens with zero attached hydrogens (tertiary/aromatic N) is 2. The van der Waals surface area contributed by atoms with E-state index in [-0.39, 0.29) is 5.91 Å². The number of carbonyl (C=O) groups excluding carboxylic acids is 1. The Morgan fingerprint density at radius 2 is 1.79 bits per heavy atom. The smallest absolute Gasteiger partial charge is 0.274 e. The Balaban J connectivity index is 1.49. The lowest BCUT2D eigenvalue weighted by Gasteiger charge is -2.09. The number of ether oxygens (including phenoxy) is 1. The SMILES string of the molecule is CCc1nc2c(C)cccn2c1C(=O)Nc1ccc(OCc2ccccc2)cc1. The van der Waals surface area contributed by atoms with Crippen LogP contribution < -0.4 is 10.1 Å². The van der Waals surface area contributed by atoms with Gasteiger partial charge in [-0.2, -0.15) is 0 Å². The minimum atomic E-state index is -0.169. The van der Waals surface area contributed by atoms with Crippen LogP contribution in [0.3, 0.4) is 0 Å². The van der Waals surface area contributed by atoms with Crippen molar-refractivity contribution < 1.29 is 9.53 Å². The zero-order chi connectivity index (χ0) is 20.2. The molecule has 0 bridgehead atoms. The Kier molecular flexibility index (Phi) is 5.29. The number of aromatic nitrogens is 2. The molecular formula is C24H23N3O2. The van der Waals surface area contributed by atoms with Crippen LogP contribution >= 0.6 is 0 Å². The number of amides is 1. The molecule has 0 saturated heterocycles. The largest absolute Gasteiger partial charge is 0.489 e. The van der Waals surface area contributed by atoms with Gasteiger partial charge >= 0.3 is 0 Å². The normalized spacial score (nSPS) is 10.8. The number of pyridine rings is 1. The van der Waals surface area contributed by atoms with Crippen molar-refractivity contribution in [3.8, 4) is 5.75 Å². The number of hydrogen-bond acceptors (Lipinski definition) is 3. The van der Waals surface area contributed by atoms with Crippen molar-refractivity contribution in [3.05, 3.63) is 95.4 Å². The highest BCUT2D eigenvalue weighted by Crippen LogP contribution is 2.20. The standard InChI is InChI=1S/C24H23N3O2/c1-3-21-22(27-15-7-8-17(2)23(27)26-21)24(28)25-19-11-13-20(14-12-19)29-16-18-9-5-4-6-10-18/h4-15H,3,16H2,1-2H3,(H,25,28). The molecule has 1 N–H and O–H groups in total. The number of anilines is 1. The van der Waals surface area contributed by atoms with Crippen LogP contribution in [0.1, 0.15) is 34.2 Å². The van der Waals surface area contributed by atoms with E-state index in [4.69, 9.17) is 4.74 Å². The summed E-state index contributed by atoms with van der Waals surface area (Å²) in [7, 11) is 0. The zero-order valence-electron chi connectivity index (χ0n) is 16.6. The van der Waals surface area contributed by atoms with Gasteiger partial charge in [0, 0.05) is 11.9 Å². The molecule has 0 fully saturated rings. The average Bonchev–Trinajstić information content (AvgIpc) is 3.14. The molecule has 2 aromatic carbocycles. The maximum Gasteiger partial charge on any atom is 0.274 e. The fourth-order valence-electron chi connectivity index (χ4n) is 3.30. The van der Waals surface area contributed by atoms with E-state index in [0.717, 1.165) is 28.2 Å². The fraction of sp³-hybridized carbons (Fsp3) is 0.167. The maximum atomic E-state index is 13.0. The molecule has 2 heterocycles. The minimum absolute atomic E-state index is 0.169. The first-order valence-corrected chi connectivity index (χ1v) is 9.70. The monoisotopic (exact) mass is 385 g/mol. The van der Waals surface area contributed by atoms with Crippen LogP contribution in [0, 0.1) is 6.92 Å². The molecule has 4 aromatic rings. The number of rotatable bonds is 6. The summed E-state index contributed by atoms with van der Waals surface area (Å²) >= 11 is 0. The lowest BCUT2D eigenvalue weighted by molar-refractivity contribution is 0.102.